The summed E-state index contributed by atoms with van der Waals surface area (Å²) in [6.45, 7) is 3.32. The van der Waals surface area contributed by atoms with Crippen LogP contribution in [0.3, 0.4) is 0 Å². The van der Waals surface area contributed by atoms with Gasteiger partial charge in [-0.25, -0.2) is 0 Å². The number of alkyl halides is 1. The fourth-order valence-corrected chi connectivity index (χ4v) is 2.48. The fraction of sp³-hybridized carbons (Fsp3) is 0.538. The Kier molecular flexibility index (Phi) is 3.99. The van der Waals surface area contributed by atoms with E-state index in [-0.39, 0.29) is 0 Å². The van der Waals surface area contributed by atoms with Gasteiger partial charge in [-0.15, -0.1) is 11.6 Å². The van der Waals surface area contributed by atoms with Crippen LogP contribution in [-0.4, -0.2) is 12.6 Å². The van der Waals surface area contributed by atoms with Gasteiger partial charge in [-0.05, 0) is 43.0 Å². The molecule has 1 aliphatic rings. The molecule has 0 spiro atoms. The summed E-state index contributed by atoms with van der Waals surface area (Å²) in [5.41, 5.74) is 2.42. The first-order chi connectivity index (χ1) is 7.76. The van der Waals surface area contributed by atoms with Crippen LogP contribution in [0.4, 0.5) is 5.69 Å². The Bertz CT molecular complexity index is 361. The number of hydrogen-bond acceptors (Lipinski definition) is 1. The third-order valence-corrected chi connectivity index (χ3v) is 3.47. The van der Waals surface area contributed by atoms with Gasteiger partial charge in [0, 0.05) is 29.2 Å². The number of rotatable bonds is 5. The molecule has 2 rings (SSSR count). The molecule has 0 bridgehead atoms. The summed E-state index contributed by atoms with van der Waals surface area (Å²) in [5.74, 6) is 0.531. The van der Waals surface area contributed by atoms with E-state index in [4.69, 9.17) is 23.2 Å². The standard InChI is InChI=1S/C13H17Cl2N/c1-2-7-16(12-4-5-12)13-6-3-11(15)8-10(13)9-14/h3,6,8,12H,2,4-5,7,9H2,1H3. The lowest BCUT2D eigenvalue weighted by molar-refractivity contribution is 0.760. The SMILES string of the molecule is CCCN(c1ccc(Cl)cc1CCl)C1CC1. The molecule has 0 aliphatic heterocycles. The van der Waals surface area contributed by atoms with Gasteiger partial charge in [-0.3, -0.25) is 0 Å². The molecule has 1 aromatic carbocycles. The van der Waals surface area contributed by atoms with Gasteiger partial charge in [0.1, 0.15) is 0 Å². The predicted octanol–water partition coefficient (Wildman–Crippen LogP) is 4.46. The van der Waals surface area contributed by atoms with Gasteiger partial charge in [0.2, 0.25) is 0 Å². The summed E-state index contributed by atoms with van der Waals surface area (Å²) < 4.78 is 0. The highest BCUT2D eigenvalue weighted by atomic mass is 35.5. The first-order valence-corrected chi connectivity index (χ1v) is 6.78. The first-order valence-electron chi connectivity index (χ1n) is 5.87. The van der Waals surface area contributed by atoms with Gasteiger partial charge >= 0.3 is 0 Å². The lowest BCUT2D eigenvalue weighted by atomic mass is 10.1. The summed E-state index contributed by atoms with van der Waals surface area (Å²) in [4.78, 5) is 2.48. The molecule has 0 saturated heterocycles. The van der Waals surface area contributed by atoms with Crippen molar-refractivity contribution >= 4 is 28.9 Å². The van der Waals surface area contributed by atoms with Crippen molar-refractivity contribution in [1.29, 1.82) is 0 Å². The van der Waals surface area contributed by atoms with E-state index in [0.717, 1.165) is 23.2 Å². The topological polar surface area (TPSA) is 3.24 Å². The van der Waals surface area contributed by atoms with Crippen LogP contribution < -0.4 is 4.90 Å². The Morgan fingerprint density at radius 1 is 1.38 bits per heavy atom. The average molecular weight is 258 g/mol. The van der Waals surface area contributed by atoms with E-state index in [1.54, 1.807) is 0 Å². The molecule has 1 fully saturated rings. The van der Waals surface area contributed by atoms with Crippen molar-refractivity contribution in [3.8, 4) is 0 Å². The van der Waals surface area contributed by atoms with Crippen LogP contribution in [0.1, 0.15) is 31.7 Å². The number of benzene rings is 1. The van der Waals surface area contributed by atoms with E-state index in [1.807, 2.05) is 12.1 Å². The third kappa shape index (κ3) is 2.64. The Hall–Kier alpha value is -0.400. The Morgan fingerprint density at radius 3 is 2.69 bits per heavy atom. The Balaban J connectivity index is 2.28. The lowest BCUT2D eigenvalue weighted by Crippen LogP contribution is -2.27. The van der Waals surface area contributed by atoms with Crippen LogP contribution in [0, 0.1) is 0 Å². The molecule has 0 radical (unpaired) electrons. The zero-order valence-electron chi connectivity index (χ0n) is 9.55. The Labute approximate surface area is 107 Å². The summed E-state index contributed by atoms with van der Waals surface area (Å²) in [6.07, 6.45) is 3.79. The van der Waals surface area contributed by atoms with E-state index in [0.29, 0.717) is 5.88 Å². The molecule has 3 heteroatoms. The van der Waals surface area contributed by atoms with Crippen LogP contribution in [-0.2, 0) is 5.88 Å². The molecule has 88 valence electrons. The van der Waals surface area contributed by atoms with Crippen LogP contribution in [0.15, 0.2) is 18.2 Å². The van der Waals surface area contributed by atoms with E-state index in [1.165, 1.54) is 24.9 Å². The van der Waals surface area contributed by atoms with E-state index >= 15 is 0 Å². The molecular weight excluding hydrogens is 241 g/mol. The second kappa shape index (κ2) is 5.29. The van der Waals surface area contributed by atoms with Crippen LogP contribution in [0.2, 0.25) is 5.02 Å². The highest BCUT2D eigenvalue weighted by Crippen LogP contribution is 2.35. The van der Waals surface area contributed by atoms with E-state index in [2.05, 4.69) is 17.9 Å². The monoisotopic (exact) mass is 257 g/mol. The highest BCUT2D eigenvalue weighted by molar-refractivity contribution is 6.30. The zero-order valence-corrected chi connectivity index (χ0v) is 11.1. The third-order valence-electron chi connectivity index (χ3n) is 2.95. The smallest absolute Gasteiger partial charge is 0.0495 e. The van der Waals surface area contributed by atoms with Gasteiger partial charge in [-0.1, -0.05) is 18.5 Å². The average Bonchev–Trinajstić information content (AvgIpc) is 3.10. The number of hydrogen-bond donors (Lipinski definition) is 0. The summed E-state index contributed by atoms with van der Waals surface area (Å²) >= 11 is 12.0. The maximum atomic E-state index is 6.00. The molecule has 0 aromatic heterocycles. The minimum absolute atomic E-state index is 0.531. The molecule has 0 atom stereocenters. The van der Waals surface area contributed by atoms with Gasteiger partial charge < -0.3 is 4.90 Å². The molecule has 0 unspecified atom stereocenters. The van der Waals surface area contributed by atoms with Crippen molar-refractivity contribution < 1.29 is 0 Å². The minimum Gasteiger partial charge on any atom is -0.368 e. The summed E-state index contributed by atoms with van der Waals surface area (Å²) in [7, 11) is 0. The fourth-order valence-electron chi connectivity index (χ4n) is 2.07. The second-order valence-corrected chi connectivity index (χ2v) is 5.03. The Morgan fingerprint density at radius 2 is 2.12 bits per heavy atom. The maximum Gasteiger partial charge on any atom is 0.0495 e. The normalized spacial score (nSPS) is 15.2. The van der Waals surface area contributed by atoms with Crippen molar-refractivity contribution in [3.63, 3.8) is 0 Å². The molecular formula is C13H17Cl2N. The lowest BCUT2D eigenvalue weighted by Gasteiger charge is -2.26. The van der Waals surface area contributed by atoms with Crippen molar-refractivity contribution in [1.82, 2.24) is 0 Å². The number of halogens is 2. The van der Waals surface area contributed by atoms with Crippen LogP contribution in [0.25, 0.3) is 0 Å². The molecule has 1 nitrogen and oxygen atoms in total. The second-order valence-electron chi connectivity index (χ2n) is 4.33. The van der Waals surface area contributed by atoms with Gasteiger partial charge in [-0.2, -0.15) is 0 Å². The van der Waals surface area contributed by atoms with Crippen molar-refractivity contribution in [3.05, 3.63) is 28.8 Å². The molecule has 0 heterocycles. The number of nitrogens with zero attached hydrogens (tertiary/aromatic N) is 1. The quantitative estimate of drug-likeness (QED) is 0.705. The molecule has 1 saturated carbocycles. The molecule has 0 N–H and O–H groups in total. The maximum absolute atomic E-state index is 6.00. The van der Waals surface area contributed by atoms with Crippen molar-refractivity contribution in [2.45, 2.75) is 38.1 Å². The van der Waals surface area contributed by atoms with Crippen molar-refractivity contribution in [2.75, 3.05) is 11.4 Å². The zero-order chi connectivity index (χ0) is 11.5. The first kappa shape index (κ1) is 12.1. The highest BCUT2D eigenvalue weighted by Gasteiger charge is 2.29. The largest absolute Gasteiger partial charge is 0.368 e. The van der Waals surface area contributed by atoms with E-state index in [9.17, 15) is 0 Å². The van der Waals surface area contributed by atoms with E-state index < -0.39 is 0 Å². The molecule has 0 amide bonds. The van der Waals surface area contributed by atoms with Crippen molar-refractivity contribution in [2.24, 2.45) is 0 Å². The van der Waals surface area contributed by atoms with Crippen LogP contribution >= 0.6 is 23.2 Å². The summed E-state index contributed by atoms with van der Waals surface area (Å²) in [5, 5.41) is 0.770. The number of anilines is 1. The summed E-state index contributed by atoms with van der Waals surface area (Å²) in [6, 6.07) is 6.77. The van der Waals surface area contributed by atoms with Gasteiger partial charge in [0.05, 0.1) is 0 Å². The van der Waals surface area contributed by atoms with Crippen LogP contribution in [0.5, 0.6) is 0 Å². The predicted molar refractivity (Wildman–Crippen MR) is 71.7 cm³/mol. The molecule has 1 aliphatic carbocycles. The van der Waals surface area contributed by atoms with Gasteiger partial charge in [0.15, 0.2) is 0 Å². The minimum atomic E-state index is 0.531. The molecule has 1 aromatic rings. The molecule has 16 heavy (non-hydrogen) atoms. The van der Waals surface area contributed by atoms with Gasteiger partial charge in [0.25, 0.3) is 0 Å².